The van der Waals surface area contributed by atoms with E-state index in [9.17, 15) is 9.18 Å². The molecule has 9 nitrogen and oxygen atoms in total. The third-order valence-corrected chi connectivity index (χ3v) is 6.13. The first-order valence-electron chi connectivity index (χ1n) is 11.2. The van der Waals surface area contributed by atoms with E-state index < -0.39 is 17.7 Å². The molecule has 1 amide bonds. The number of benzene rings is 1. The van der Waals surface area contributed by atoms with Gasteiger partial charge in [0.15, 0.2) is 5.65 Å². The number of aromatic nitrogens is 5. The van der Waals surface area contributed by atoms with Crippen molar-refractivity contribution in [2.24, 2.45) is 0 Å². The van der Waals surface area contributed by atoms with Gasteiger partial charge < -0.3 is 19.3 Å². The molecule has 5 rings (SSSR count). The number of methoxy groups -OCH3 is 1. The van der Waals surface area contributed by atoms with Crippen molar-refractivity contribution in [2.75, 3.05) is 20.2 Å². The summed E-state index contributed by atoms with van der Waals surface area (Å²) < 4.78 is 36.2. The van der Waals surface area contributed by atoms with Crippen LogP contribution >= 0.6 is 0 Å². The number of halogens is 2. The van der Waals surface area contributed by atoms with Gasteiger partial charge in [-0.3, -0.25) is 4.98 Å². The first-order chi connectivity index (χ1) is 17.3. The molecule has 0 aliphatic carbocycles. The summed E-state index contributed by atoms with van der Waals surface area (Å²) in [6.07, 6.45) is 3.91. The molecule has 0 atom stereocenters. The number of rotatable bonds is 5. The lowest BCUT2D eigenvalue weighted by molar-refractivity contribution is 0.150. The van der Waals surface area contributed by atoms with Gasteiger partial charge in [0.1, 0.15) is 23.0 Å². The highest BCUT2D eigenvalue weighted by molar-refractivity contribution is 5.79. The van der Waals surface area contributed by atoms with E-state index in [-0.39, 0.29) is 19.1 Å². The van der Waals surface area contributed by atoms with Gasteiger partial charge in [0, 0.05) is 30.4 Å². The second kappa shape index (κ2) is 9.33. The number of nitrogens with zero attached hydrogens (tertiary/aromatic N) is 6. The number of amides is 1. The fraction of sp³-hybridized carbons (Fsp3) is 0.240. The van der Waals surface area contributed by atoms with Gasteiger partial charge in [0.05, 0.1) is 25.5 Å². The summed E-state index contributed by atoms with van der Waals surface area (Å²) >= 11 is 0. The maximum Gasteiger partial charge on any atom is 0.407 e. The maximum absolute atomic E-state index is 15.3. The zero-order valence-corrected chi connectivity index (χ0v) is 19.6. The lowest BCUT2D eigenvalue weighted by Crippen LogP contribution is -2.33. The van der Waals surface area contributed by atoms with Gasteiger partial charge in [0.25, 0.3) is 0 Å². The summed E-state index contributed by atoms with van der Waals surface area (Å²) in [5, 5.41) is 9.13. The summed E-state index contributed by atoms with van der Waals surface area (Å²) in [4.78, 5) is 29.7. The Balaban J connectivity index is 1.55. The maximum atomic E-state index is 15.3. The van der Waals surface area contributed by atoms with Crippen LogP contribution < -0.4 is 4.74 Å². The van der Waals surface area contributed by atoms with E-state index in [1.807, 2.05) is 6.07 Å². The average Bonchev–Trinajstić information content (AvgIpc) is 3.24. The molecule has 0 saturated carbocycles. The van der Waals surface area contributed by atoms with E-state index in [2.05, 4.69) is 19.9 Å². The second-order valence-corrected chi connectivity index (χ2v) is 8.40. The lowest BCUT2D eigenvalue weighted by atomic mass is 9.98. The van der Waals surface area contributed by atoms with Crippen molar-refractivity contribution in [3.63, 3.8) is 0 Å². The molecule has 36 heavy (non-hydrogen) atoms. The van der Waals surface area contributed by atoms with Crippen molar-refractivity contribution in [3.8, 4) is 17.4 Å². The van der Waals surface area contributed by atoms with Gasteiger partial charge in [-0.15, -0.1) is 0 Å². The number of ether oxygens (including phenoxy) is 1. The van der Waals surface area contributed by atoms with Crippen molar-refractivity contribution in [3.05, 3.63) is 71.2 Å². The molecule has 1 aromatic carbocycles. The normalized spacial score (nSPS) is 13.7. The number of pyridine rings is 1. The quantitative estimate of drug-likeness (QED) is 0.443. The molecule has 0 fully saturated rings. The topological polar surface area (TPSA) is 106 Å². The fourth-order valence-electron chi connectivity index (χ4n) is 4.26. The predicted molar refractivity (Wildman–Crippen MR) is 127 cm³/mol. The summed E-state index contributed by atoms with van der Waals surface area (Å²) in [5.41, 5.74) is 3.86. The average molecular weight is 492 g/mol. The molecule has 0 spiro atoms. The Labute approximate surface area is 204 Å². The Bertz CT molecular complexity index is 1520. The molecule has 0 saturated heterocycles. The van der Waals surface area contributed by atoms with Crippen molar-refractivity contribution >= 4 is 22.8 Å². The van der Waals surface area contributed by atoms with E-state index >= 15 is 4.39 Å². The van der Waals surface area contributed by atoms with Crippen LogP contribution in [-0.2, 0) is 6.54 Å². The monoisotopic (exact) mass is 492 g/mol. The Morgan fingerprint density at radius 1 is 1.14 bits per heavy atom. The van der Waals surface area contributed by atoms with Gasteiger partial charge in [-0.05, 0) is 36.6 Å². The smallest absolute Gasteiger partial charge is 0.407 e. The van der Waals surface area contributed by atoms with Crippen LogP contribution in [0.1, 0.15) is 23.2 Å². The van der Waals surface area contributed by atoms with Crippen LogP contribution in [0.25, 0.3) is 28.1 Å². The van der Waals surface area contributed by atoms with E-state index in [1.165, 1.54) is 30.3 Å². The van der Waals surface area contributed by atoms with Crippen molar-refractivity contribution in [1.82, 2.24) is 29.4 Å². The minimum absolute atomic E-state index is 0.0694. The van der Waals surface area contributed by atoms with Crippen LogP contribution in [0.2, 0.25) is 0 Å². The van der Waals surface area contributed by atoms with Crippen molar-refractivity contribution in [2.45, 2.75) is 19.9 Å². The highest BCUT2D eigenvalue weighted by atomic mass is 19.1. The number of carboxylic acid groups (broad SMARTS) is 1. The number of hydrogen-bond acceptors (Lipinski definition) is 6. The van der Waals surface area contributed by atoms with E-state index in [0.29, 0.717) is 52.3 Å². The first kappa shape index (κ1) is 23.3. The number of carbonyl (C=O) groups is 1. The molecule has 0 unspecified atom stereocenters. The van der Waals surface area contributed by atoms with Crippen molar-refractivity contribution in [1.29, 1.82) is 0 Å². The van der Waals surface area contributed by atoms with Gasteiger partial charge in [-0.2, -0.15) is 9.97 Å². The SMILES string of the molecule is COc1nc(C)c2nc(-c3cncc(F)c3)n(Cc3ccc(C4=CCN(C(=O)O)CC4)cc3F)c2n1. The highest BCUT2D eigenvalue weighted by Crippen LogP contribution is 2.29. The highest BCUT2D eigenvalue weighted by Gasteiger charge is 2.21. The van der Waals surface area contributed by atoms with E-state index in [4.69, 9.17) is 9.84 Å². The molecule has 4 heterocycles. The summed E-state index contributed by atoms with van der Waals surface area (Å²) in [7, 11) is 1.45. The number of fused-ring (bicyclic) bond motifs is 1. The van der Waals surface area contributed by atoms with Crippen LogP contribution in [0, 0.1) is 18.6 Å². The second-order valence-electron chi connectivity index (χ2n) is 8.40. The van der Waals surface area contributed by atoms with Gasteiger partial charge in [0.2, 0.25) is 0 Å². The van der Waals surface area contributed by atoms with Crippen LogP contribution in [0.5, 0.6) is 6.01 Å². The zero-order chi connectivity index (χ0) is 25.4. The summed E-state index contributed by atoms with van der Waals surface area (Å²) in [5.74, 6) is -0.587. The molecule has 184 valence electrons. The molecule has 3 aromatic heterocycles. The Morgan fingerprint density at radius 3 is 2.64 bits per heavy atom. The predicted octanol–water partition coefficient (Wildman–Crippen LogP) is 4.30. The van der Waals surface area contributed by atoms with Crippen LogP contribution in [0.3, 0.4) is 0 Å². The molecule has 4 aromatic rings. The van der Waals surface area contributed by atoms with Crippen LogP contribution in [0.4, 0.5) is 13.6 Å². The standard InChI is InChI=1S/C25H22F2N6O3/c1-14-21-23(31-24(29-14)36-2)33(22(30-21)18-9-19(26)12-28-11-18)13-17-4-3-16(10-20(17)27)15-5-7-32(8-6-15)25(34)35/h3-5,9-12H,6-8,13H2,1-2H3,(H,34,35). The Hall–Kier alpha value is -4.41. The molecule has 0 radical (unpaired) electrons. The van der Waals surface area contributed by atoms with Crippen LogP contribution in [-0.4, -0.2) is 60.8 Å². The third-order valence-electron chi connectivity index (χ3n) is 6.13. The molecule has 1 aliphatic heterocycles. The number of imidazole rings is 1. The lowest BCUT2D eigenvalue weighted by Gasteiger charge is -2.24. The van der Waals surface area contributed by atoms with Crippen molar-refractivity contribution < 1.29 is 23.4 Å². The number of hydrogen-bond donors (Lipinski definition) is 1. The largest absolute Gasteiger partial charge is 0.467 e. The minimum atomic E-state index is -0.973. The fourth-order valence-corrected chi connectivity index (χ4v) is 4.26. The van der Waals surface area contributed by atoms with E-state index in [1.54, 1.807) is 23.6 Å². The number of aryl methyl sites for hydroxylation is 1. The minimum Gasteiger partial charge on any atom is -0.467 e. The van der Waals surface area contributed by atoms with E-state index in [0.717, 1.165) is 11.8 Å². The third kappa shape index (κ3) is 4.35. The Morgan fingerprint density at radius 2 is 1.97 bits per heavy atom. The Kier molecular flexibility index (Phi) is 6.05. The molecular weight excluding hydrogens is 470 g/mol. The molecular formula is C25H22F2N6O3. The molecule has 1 aliphatic rings. The molecule has 11 heteroatoms. The summed E-state index contributed by atoms with van der Waals surface area (Å²) in [6.45, 7) is 2.45. The van der Waals surface area contributed by atoms with Crippen LogP contribution in [0.15, 0.2) is 42.7 Å². The summed E-state index contributed by atoms with van der Waals surface area (Å²) in [6, 6.07) is 6.38. The van der Waals surface area contributed by atoms with Gasteiger partial charge in [-0.1, -0.05) is 18.2 Å². The first-order valence-corrected chi connectivity index (χ1v) is 11.2. The molecule has 0 bridgehead atoms. The zero-order valence-electron chi connectivity index (χ0n) is 19.6. The molecule has 1 N–H and O–H groups in total. The van der Waals surface area contributed by atoms with Gasteiger partial charge >= 0.3 is 12.1 Å². The van der Waals surface area contributed by atoms with Gasteiger partial charge in [-0.25, -0.2) is 18.6 Å².